The molecule has 0 aromatic carbocycles. The number of hydrogen-bond acceptors (Lipinski definition) is 17. The van der Waals surface area contributed by atoms with Crippen molar-refractivity contribution in [2.75, 3.05) is 31.8 Å². The molecule has 0 saturated carbocycles. The molecule has 0 aromatic heterocycles. The number of carbonyl (C=O) groups excluding carboxylic acids is 9. The van der Waals surface area contributed by atoms with E-state index in [0.29, 0.717) is 0 Å². The summed E-state index contributed by atoms with van der Waals surface area (Å²) in [4.78, 5) is 153. The lowest BCUT2D eigenvalue weighted by molar-refractivity contribution is -0.147. The number of carbonyl (C=O) groups is 12. The van der Waals surface area contributed by atoms with Gasteiger partial charge in [-0.15, -0.1) is 0 Å². The van der Waals surface area contributed by atoms with Crippen LogP contribution in [-0.2, 0) is 57.5 Å². The number of nitrogens with one attached hydrogen (secondary N) is 9. The van der Waals surface area contributed by atoms with Crippen LogP contribution in [0.25, 0.3) is 0 Å². The monoisotopic (exact) mass is 1020 g/mol. The Morgan fingerprint density at radius 1 is 0.514 bits per heavy atom. The standard InChI is InChI=1S/C41H70N10O18S/c1-9-19(6)31(50-35(62)24(15-52)44-26(55)14-43-38(65)32(20(7)54)51-36(63)25(16-53)48-37(64)29(42)17(2)3)40(67)46-22(12-27(56)57)34(61)45-21(10-11-70-8)33(60)49-30(18(4)5)39(66)47-23(41(68)69)13-28(58)59/h17-25,29-32,52-54H,9-16,42H2,1-8H3,(H,43,65)(H,44,55)(H,45,61)(H,46,67)(H,47,66)(H,48,64)(H,49,60)(H,50,62)(H,51,63)(H,56,57)(H,58,59)(H,68,69)/t19-,20+,21-,22-,23-,24-,25-,29-,30-,31-,32-/m0/s1. The lowest BCUT2D eigenvalue weighted by Crippen LogP contribution is -2.61. The molecule has 9 amide bonds. The summed E-state index contributed by atoms with van der Waals surface area (Å²) in [7, 11) is 0. The molecule has 0 aliphatic rings. The fourth-order valence-corrected chi connectivity index (χ4v) is 6.42. The van der Waals surface area contributed by atoms with Crippen molar-refractivity contribution in [2.24, 2.45) is 23.5 Å². The molecule has 0 heterocycles. The van der Waals surface area contributed by atoms with Crippen molar-refractivity contribution in [1.29, 1.82) is 0 Å². The number of aliphatic carboxylic acids is 3. The Labute approximate surface area is 407 Å². The molecule has 0 aliphatic heterocycles. The molecule has 0 fully saturated rings. The third-order valence-electron chi connectivity index (χ3n) is 10.4. The molecule has 398 valence electrons. The summed E-state index contributed by atoms with van der Waals surface area (Å²) in [6.07, 6.45) is -1.84. The van der Waals surface area contributed by atoms with Gasteiger partial charge in [-0.1, -0.05) is 48.0 Å². The molecule has 0 aromatic rings. The smallest absolute Gasteiger partial charge is 0.326 e. The topological polar surface area (TPSA) is 461 Å². The van der Waals surface area contributed by atoms with Crippen LogP contribution in [0, 0.1) is 17.8 Å². The molecular weight excluding hydrogens is 953 g/mol. The van der Waals surface area contributed by atoms with Crippen molar-refractivity contribution in [3.63, 3.8) is 0 Å². The summed E-state index contributed by atoms with van der Waals surface area (Å²) in [5.41, 5.74) is 5.77. The van der Waals surface area contributed by atoms with Crippen LogP contribution < -0.4 is 53.6 Å². The predicted molar refractivity (Wildman–Crippen MR) is 247 cm³/mol. The Bertz CT molecular complexity index is 1860. The molecule has 70 heavy (non-hydrogen) atoms. The van der Waals surface area contributed by atoms with Crippen molar-refractivity contribution in [3.8, 4) is 0 Å². The zero-order valence-corrected chi connectivity index (χ0v) is 41.0. The minimum Gasteiger partial charge on any atom is -0.481 e. The summed E-state index contributed by atoms with van der Waals surface area (Å²) in [6, 6.07) is -14.3. The number of aliphatic hydroxyl groups excluding tert-OH is 3. The van der Waals surface area contributed by atoms with Gasteiger partial charge in [0.05, 0.1) is 44.7 Å². The second-order valence-corrected chi connectivity index (χ2v) is 17.8. The van der Waals surface area contributed by atoms with E-state index < -0.39 is 176 Å². The van der Waals surface area contributed by atoms with E-state index in [9.17, 15) is 83.1 Å². The van der Waals surface area contributed by atoms with Crippen molar-refractivity contribution in [3.05, 3.63) is 0 Å². The van der Waals surface area contributed by atoms with Gasteiger partial charge in [-0.25, -0.2) is 4.79 Å². The molecule has 0 bridgehead atoms. The first-order valence-electron chi connectivity index (χ1n) is 22.1. The zero-order chi connectivity index (χ0) is 54.2. The lowest BCUT2D eigenvalue weighted by atomic mass is 9.97. The maximum absolute atomic E-state index is 13.7. The number of hydrogen-bond donors (Lipinski definition) is 16. The van der Waals surface area contributed by atoms with Gasteiger partial charge in [-0.3, -0.25) is 52.7 Å². The van der Waals surface area contributed by atoms with E-state index in [1.54, 1.807) is 27.0 Å². The van der Waals surface area contributed by atoms with Crippen LogP contribution in [0.1, 0.15) is 74.1 Å². The average molecular weight is 1020 g/mol. The molecule has 29 heteroatoms. The highest BCUT2D eigenvalue weighted by atomic mass is 32.2. The van der Waals surface area contributed by atoms with Gasteiger partial charge in [0.25, 0.3) is 0 Å². The van der Waals surface area contributed by atoms with Gasteiger partial charge in [-0.05, 0) is 43.1 Å². The highest BCUT2D eigenvalue weighted by Crippen LogP contribution is 2.12. The van der Waals surface area contributed by atoms with Gasteiger partial charge in [0.1, 0.15) is 48.3 Å². The van der Waals surface area contributed by atoms with Gasteiger partial charge in [-0.2, -0.15) is 11.8 Å². The fourth-order valence-electron chi connectivity index (χ4n) is 5.94. The number of aliphatic hydroxyl groups is 3. The SMILES string of the molecule is CC[C@H](C)[C@H](NC(=O)[C@H](CO)NC(=O)CNC(=O)[C@@H](NC(=O)[C@H](CO)NC(=O)[C@@H](N)C(C)C)[C@@H](C)O)C(=O)N[C@@H](CC(=O)O)C(=O)N[C@@H](CCSC)C(=O)N[C@H](C(=O)N[C@@H](CC(=O)O)C(=O)O)C(C)C. The molecule has 28 nitrogen and oxygen atoms in total. The molecule has 11 atom stereocenters. The molecule has 0 unspecified atom stereocenters. The number of thioether (sulfide) groups is 1. The fraction of sp³-hybridized carbons (Fsp3) is 0.707. The van der Waals surface area contributed by atoms with E-state index in [-0.39, 0.29) is 24.5 Å². The van der Waals surface area contributed by atoms with E-state index >= 15 is 0 Å². The molecule has 0 aliphatic carbocycles. The molecule has 0 saturated heterocycles. The first-order valence-corrected chi connectivity index (χ1v) is 23.5. The maximum atomic E-state index is 13.7. The quantitative estimate of drug-likeness (QED) is 0.0291. The van der Waals surface area contributed by atoms with Crippen molar-refractivity contribution in [1.82, 2.24) is 47.9 Å². The van der Waals surface area contributed by atoms with E-state index in [1.807, 2.05) is 0 Å². The third-order valence-corrected chi connectivity index (χ3v) is 11.1. The number of carboxylic acids is 3. The highest BCUT2D eigenvalue weighted by Gasteiger charge is 2.37. The number of carboxylic acid groups (broad SMARTS) is 3. The van der Waals surface area contributed by atoms with Crippen LogP contribution >= 0.6 is 11.8 Å². The van der Waals surface area contributed by atoms with Crippen molar-refractivity contribution >= 4 is 82.8 Å². The van der Waals surface area contributed by atoms with Gasteiger partial charge in [0.15, 0.2) is 0 Å². The van der Waals surface area contributed by atoms with E-state index in [0.717, 1.165) is 6.92 Å². The number of rotatable bonds is 33. The Balaban J connectivity index is 6.12. The lowest BCUT2D eigenvalue weighted by Gasteiger charge is -2.29. The Kier molecular flexibility index (Phi) is 29.1. The zero-order valence-electron chi connectivity index (χ0n) is 40.2. The minimum absolute atomic E-state index is 0.0998. The third kappa shape index (κ3) is 22.5. The molecule has 0 radical (unpaired) electrons. The van der Waals surface area contributed by atoms with Crippen LogP contribution in [0.2, 0.25) is 0 Å². The van der Waals surface area contributed by atoms with Crippen LogP contribution in [0.3, 0.4) is 0 Å². The normalized spacial score (nSPS) is 15.9. The summed E-state index contributed by atoms with van der Waals surface area (Å²) >= 11 is 1.25. The van der Waals surface area contributed by atoms with Gasteiger partial charge < -0.3 is 84.2 Å². The molecular formula is C41H70N10O18S. The largest absolute Gasteiger partial charge is 0.481 e. The maximum Gasteiger partial charge on any atom is 0.326 e. The average Bonchev–Trinajstić information content (AvgIpc) is 3.28. The number of amides is 9. The van der Waals surface area contributed by atoms with Crippen LogP contribution in [-0.4, -0.2) is 194 Å². The first-order chi connectivity index (χ1) is 32.6. The van der Waals surface area contributed by atoms with Crippen LogP contribution in [0.5, 0.6) is 0 Å². The first kappa shape index (κ1) is 63.8. The minimum atomic E-state index is -1.89. The van der Waals surface area contributed by atoms with Gasteiger partial charge in [0.2, 0.25) is 53.2 Å². The summed E-state index contributed by atoms with van der Waals surface area (Å²) in [6.45, 7) is 7.62. The Hall–Kier alpha value is -6.17. The molecule has 0 spiro atoms. The second-order valence-electron chi connectivity index (χ2n) is 16.9. The molecule has 17 N–H and O–H groups in total. The Morgan fingerprint density at radius 3 is 1.40 bits per heavy atom. The summed E-state index contributed by atoms with van der Waals surface area (Å²) < 4.78 is 0. The number of nitrogens with two attached hydrogens (primary N) is 1. The van der Waals surface area contributed by atoms with Crippen molar-refractivity contribution in [2.45, 2.75) is 135 Å². The summed E-state index contributed by atoms with van der Waals surface area (Å²) in [5, 5.41) is 78.1. The summed E-state index contributed by atoms with van der Waals surface area (Å²) in [5.74, 6) is -15.9. The van der Waals surface area contributed by atoms with Crippen LogP contribution in [0.4, 0.5) is 0 Å². The van der Waals surface area contributed by atoms with Crippen molar-refractivity contribution < 1.29 is 88.2 Å². The van der Waals surface area contributed by atoms with Gasteiger partial charge in [0, 0.05) is 0 Å². The predicted octanol–water partition coefficient (Wildman–Crippen LogP) is -6.18. The highest BCUT2D eigenvalue weighted by molar-refractivity contribution is 7.98. The van der Waals surface area contributed by atoms with E-state index in [2.05, 4.69) is 47.9 Å². The van der Waals surface area contributed by atoms with Crippen LogP contribution in [0.15, 0.2) is 0 Å². The van der Waals surface area contributed by atoms with Gasteiger partial charge >= 0.3 is 17.9 Å². The second kappa shape index (κ2) is 31.9. The van der Waals surface area contributed by atoms with E-state index in [4.69, 9.17) is 10.8 Å². The Morgan fingerprint density at radius 2 is 0.943 bits per heavy atom. The molecule has 0 rings (SSSR count). The van der Waals surface area contributed by atoms with E-state index in [1.165, 1.54) is 32.5 Å².